The van der Waals surface area contributed by atoms with Crippen molar-refractivity contribution in [2.24, 2.45) is 58.2 Å². The fourth-order valence-corrected chi connectivity index (χ4v) is 11.8. The molecule has 0 amide bonds. The first-order valence-corrected chi connectivity index (χ1v) is 12.2. The van der Waals surface area contributed by atoms with Crippen molar-refractivity contribution >= 4 is 25.3 Å². The van der Waals surface area contributed by atoms with Crippen LogP contribution in [-0.4, -0.2) is 9.49 Å². The molecule has 152 valence electrons. The summed E-state index contributed by atoms with van der Waals surface area (Å²) in [5, 5.41) is 0. The van der Waals surface area contributed by atoms with E-state index >= 15 is 0 Å². The summed E-state index contributed by atoms with van der Waals surface area (Å²) in [6.45, 7) is 25.0. The van der Waals surface area contributed by atoms with Crippen molar-refractivity contribution in [3.05, 3.63) is 0 Å². The highest BCUT2D eigenvalue weighted by atomic mass is 32.1. The molecule has 0 aliphatic heterocycles. The van der Waals surface area contributed by atoms with Gasteiger partial charge in [0.25, 0.3) is 0 Å². The van der Waals surface area contributed by atoms with Crippen LogP contribution in [0.1, 0.15) is 82.1 Å². The molecule has 3 fully saturated rings. The zero-order valence-electron chi connectivity index (χ0n) is 18.9. The van der Waals surface area contributed by atoms with E-state index in [2.05, 4.69) is 69.2 Å². The average molecular weight is 397 g/mol. The van der Waals surface area contributed by atoms with E-state index in [4.69, 9.17) is 25.3 Å². The largest absolute Gasteiger partial charge is 0.172 e. The summed E-state index contributed by atoms with van der Waals surface area (Å²) in [6.07, 6.45) is 2.51. The quantitative estimate of drug-likeness (QED) is 0.461. The number of fused-ring (bicyclic) bond motifs is 3. The number of hydrogen-bond acceptors (Lipinski definition) is 2. The Morgan fingerprint density at radius 1 is 0.846 bits per heavy atom. The third kappa shape index (κ3) is 1.85. The molecule has 0 spiro atoms. The van der Waals surface area contributed by atoms with Gasteiger partial charge in [0.1, 0.15) is 0 Å². The van der Waals surface area contributed by atoms with Gasteiger partial charge in [-0.05, 0) is 71.0 Å². The molecule has 0 aromatic heterocycles. The minimum atomic E-state index is 0.0722. The van der Waals surface area contributed by atoms with E-state index in [9.17, 15) is 0 Å². The Labute approximate surface area is 174 Å². The molecule has 0 nitrogen and oxygen atoms in total. The fourth-order valence-electron chi connectivity index (χ4n) is 9.79. The van der Waals surface area contributed by atoms with Gasteiger partial charge >= 0.3 is 0 Å². The van der Waals surface area contributed by atoms with E-state index in [-0.39, 0.29) is 14.9 Å². The lowest BCUT2D eigenvalue weighted by Crippen LogP contribution is -2.69. The Bertz CT molecular complexity index is 573. The first-order valence-electron chi connectivity index (χ1n) is 11.3. The van der Waals surface area contributed by atoms with E-state index in [1.54, 1.807) is 0 Å². The van der Waals surface area contributed by atoms with Crippen LogP contribution in [0.5, 0.6) is 0 Å². The predicted molar refractivity (Wildman–Crippen MR) is 122 cm³/mol. The van der Waals surface area contributed by atoms with E-state index in [1.807, 2.05) is 0 Å². The highest BCUT2D eigenvalue weighted by Gasteiger charge is 2.84. The molecule has 0 aromatic carbocycles. The van der Waals surface area contributed by atoms with Crippen LogP contribution in [-0.2, 0) is 0 Å². The van der Waals surface area contributed by atoms with Gasteiger partial charge in [0, 0.05) is 9.49 Å². The standard InChI is InChI=1S/C24H44S2/c1-11-21(10)19(13(3)4)14(5)17(8)24(26)18(9)23(25)16(7)15(6)20(23)22(21,24)12-2/h13-20,25-26H,11-12H2,1-10H3. The average Bonchev–Trinajstić information content (AvgIpc) is 2.75. The summed E-state index contributed by atoms with van der Waals surface area (Å²) in [4.78, 5) is 0. The van der Waals surface area contributed by atoms with Gasteiger partial charge in [-0.2, -0.15) is 25.3 Å². The lowest BCUT2D eigenvalue weighted by Gasteiger charge is -2.71. The maximum absolute atomic E-state index is 5.74. The maximum atomic E-state index is 5.74. The number of rotatable bonds is 3. The van der Waals surface area contributed by atoms with Crippen LogP contribution in [0.4, 0.5) is 0 Å². The Balaban J connectivity index is 2.36. The van der Waals surface area contributed by atoms with Crippen molar-refractivity contribution in [1.82, 2.24) is 0 Å². The molecule has 0 saturated heterocycles. The molecule has 0 heterocycles. The lowest BCUT2D eigenvalue weighted by atomic mass is 9.36. The second-order valence-corrected chi connectivity index (χ2v) is 12.6. The van der Waals surface area contributed by atoms with Gasteiger partial charge < -0.3 is 0 Å². The van der Waals surface area contributed by atoms with Crippen molar-refractivity contribution in [2.45, 2.75) is 91.6 Å². The minimum Gasteiger partial charge on any atom is -0.172 e. The molecular formula is C24H44S2. The van der Waals surface area contributed by atoms with Gasteiger partial charge in [-0.25, -0.2) is 0 Å². The highest BCUT2D eigenvalue weighted by molar-refractivity contribution is 7.83. The molecule has 11 atom stereocenters. The summed E-state index contributed by atoms with van der Waals surface area (Å²) in [5.74, 6) is 5.49. The van der Waals surface area contributed by atoms with Gasteiger partial charge in [0.05, 0.1) is 0 Å². The first kappa shape index (κ1) is 21.4. The Morgan fingerprint density at radius 3 is 1.81 bits per heavy atom. The zero-order chi connectivity index (χ0) is 20.0. The summed E-state index contributed by atoms with van der Waals surface area (Å²) >= 11 is 11.3. The summed E-state index contributed by atoms with van der Waals surface area (Å²) in [7, 11) is 0. The van der Waals surface area contributed by atoms with Crippen molar-refractivity contribution in [1.29, 1.82) is 0 Å². The highest BCUT2D eigenvalue weighted by Crippen LogP contribution is 2.85. The number of thiol groups is 2. The van der Waals surface area contributed by atoms with Crippen molar-refractivity contribution in [2.75, 3.05) is 0 Å². The van der Waals surface area contributed by atoms with Crippen LogP contribution in [0.3, 0.4) is 0 Å². The predicted octanol–water partition coefficient (Wildman–Crippen LogP) is 7.25. The Kier molecular flexibility index (Phi) is 5.02. The molecule has 0 bridgehead atoms. The van der Waals surface area contributed by atoms with E-state index in [0.29, 0.717) is 35.0 Å². The molecule has 26 heavy (non-hydrogen) atoms. The van der Waals surface area contributed by atoms with Gasteiger partial charge in [0.2, 0.25) is 0 Å². The lowest BCUT2D eigenvalue weighted by molar-refractivity contribution is -0.187. The summed E-state index contributed by atoms with van der Waals surface area (Å²) < 4.78 is 0.218. The Morgan fingerprint density at radius 2 is 1.38 bits per heavy atom. The molecule has 3 rings (SSSR count). The smallest absolute Gasteiger partial charge is 0.0261 e. The molecule has 3 aliphatic carbocycles. The van der Waals surface area contributed by atoms with E-state index < -0.39 is 0 Å². The van der Waals surface area contributed by atoms with Gasteiger partial charge in [0.15, 0.2) is 0 Å². The second kappa shape index (κ2) is 6.10. The van der Waals surface area contributed by atoms with Crippen LogP contribution in [0, 0.1) is 58.2 Å². The molecule has 0 N–H and O–H groups in total. The third-order valence-electron chi connectivity index (χ3n) is 11.0. The monoisotopic (exact) mass is 396 g/mol. The topological polar surface area (TPSA) is 0 Å². The SMILES string of the molecule is CCC1(C)C(C(C)C)C(C)C(C)C2(S)C(C)C3(S)C(C)C(C)C3C12CC. The van der Waals surface area contributed by atoms with E-state index in [1.165, 1.54) is 12.8 Å². The summed E-state index contributed by atoms with van der Waals surface area (Å²) in [6, 6.07) is 0. The number of hydrogen-bond donors (Lipinski definition) is 2. The molecule has 0 radical (unpaired) electrons. The van der Waals surface area contributed by atoms with Crippen LogP contribution >= 0.6 is 25.3 Å². The second-order valence-electron chi connectivity index (χ2n) is 11.1. The molecule has 11 unspecified atom stereocenters. The van der Waals surface area contributed by atoms with Gasteiger partial charge in [-0.3, -0.25) is 0 Å². The van der Waals surface area contributed by atoms with Crippen LogP contribution in [0.25, 0.3) is 0 Å². The fraction of sp³-hybridized carbons (Fsp3) is 1.00. The van der Waals surface area contributed by atoms with Crippen molar-refractivity contribution in [3.63, 3.8) is 0 Å². The summed E-state index contributed by atoms with van der Waals surface area (Å²) in [5.41, 5.74) is 0.590. The van der Waals surface area contributed by atoms with Crippen molar-refractivity contribution < 1.29 is 0 Å². The molecule has 2 heteroatoms. The molecule has 3 saturated carbocycles. The third-order valence-corrected chi connectivity index (χ3v) is 13.2. The van der Waals surface area contributed by atoms with Gasteiger partial charge in [-0.15, -0.1) is 0 Å². The zero-order valence-corrected chi connectivity index (χ0v) is 20.7. The van der Waals surface area contributed by atoms with E-state index in [0.717, 1.165) is 17.8 Å². The molecule has 3 aliphatic rings. The molecular weight excluding hydrogens is 352 g/mol. The molecule has 0 aromatic rings. The van der Waals surface area contributed by atoms with Gasteiger partial charge in [-0.1, -0.05) is 69.2 Å². The van der Waals surface area contributed by atoms with Crippen LogP contribution in [0.2, 0.25) is 0 Å². The minimum absolute atomic E-state index is 0.0722. The van der Waals surface area contributed by atoms with Crippen LogP contribution < -0.4 is 0 Å². The maximum Gasteiger partial charge on any atom is 0.0261 e. The Hall–Kier alpha value is 0.700. The van der Waals surface area contributed by atoms with Crippen LogP contribution in [0.15, 0.2) is 0 Å². The first-order chi connectivity index (χ1) is 11.9. The van der Waals surface area contributed by atoms with Crippen molar-refractivity contribution in [3.8, 4) is 0 Å². The normalized spacial score (nSPS) is 62.0.